The largest absolute Gasteiger partial charge is 0.373 e. The molecule has 1 fully saturated rings. The molecule has 0 bridgehead atoms. The molecule has 0 aliphatic carbocycles. The van der Waals surface area contributed by atoms with E-state index in [1.54, 1.807) is 13.1 Å². The Balaban J connectivity index is 2.01. The lowest BCUT2D eigenvalue weighted by Gasteiger charge is -2.42. The number of rotatable bonds is 2. The molecule has 0 atom stereocenters. The van der Waals surface area contributed by atoms with Gasteiger partial charge in [-0.2, -0.15) is 0 Å². The van der Waals surface area contributed by atoms with E-state index in [2.05, 4.69) is 36.0 Å². The third-order valence-electron chi connectivity index (χ3n) is 3.74. The number of nitrogens with one attached hydrogen (secondary N) is 1. The van der Waals surface area contributed by atoms with Gasteiger partial charge in [0.1, 0.15) is 11.5 Å². The first-order valence-corrected chi connectivity index (χ1v) is 7.11. The molecule has 0 unspecified atom stereocenters. The molecule has 2 rings (SSSR count). The Morgan fingerprint density at radius 1 is 1.20 bits per heavy atom. The molecule has 1 aromatic rings. The van der Waals surface area contributed by atoms with Gasteiger partial charge in [0, 0.05) is 38.8 Å². The number of hydrogen-bond donors (Lipinski definition) is 1. The highest BCUT2D eigenvalue weighted by atomic mass is 16.2. The van der Waals surface area contributed by atoms with E-state index in [1.807, 2.05) is 17.0 Å². The summed E-state index contributed by atoms with van der Waals surface area (Å²) < 4.78 is 0. The number of aromatic nitrogens is 1. The minimum atomic E-state index is 0.0238. The summed E-state index contributed by atoms with van der Waals surface area (Å²) in [6.45, 7) is 10.00. The van der Waals surface area contributed by atoms with Crippen LogP contribution < -0.4 is 5.32 Å². The fraction of sp³-hybridized carbons (Fsp3) is 0.600. The molecule has 5 heteroatoms. The lowest BCUT2D eigenvalue weighted by Crippen LogP contribution is -2.54. The van der Waals surface area contributed by atoms with Crippen molar-refractivity contribution < 1.29 is 4.79 Å². The molecule has 110 valence electrons. The molecular weight excluding hydrogens is 252 g/mol. The predicted molar refractivity (Wildman–Crippen MR) is 81.0 cm³/mol. The Bertz CT molecular complexity index is 473. The number of nitrogens with zero attached hydrogens (tertiary/aromatic N) is 3. The van der Waals surface area contributed by atoms with Gasteiger partial charge in [0.2, 0.25) is 0 Å². The first kappa shape index (κ1) is 14.8. The highest BCUT2D eigenvalue weighted by Gasteiger charge is 2.28. The summed E-state index contributed by atoms with van der Waals surface area (Å²) >= 11 is 0. The van der Waals surface area contributed by atoms with Crippen LogP contribution in [-0.2, 0) is 0 Å². The second-order valence-corrected chi connectivity index (χ2v) is 6.11. The van der Waals surface area contributed by atoms with E-state index in [1.165, 1.54) is 0 Å². The maximum Gasteiger partial charge on any atom is 0.272 e. The number of amides is 1. The summed E-state index contributed by atoms with van der Waals surface area (Å²) in [5, 5.41) is 2.96. The van der Waals surface area contributed by atoms with Crippen LogP contribution >= 0.6 is 0 Å². The first-order chi connectivity index (χ1) is 9.41. The summed E-state index contributed by atoms with van der Waals surface area (Å²) in [6.07, 6.45) is 0. The first-order valence-electron chi connectivity index (χ1n) is 7.11. The van der Waals surface area contributed by atoms with E-state index in [9.17, 15) is 4.79 Å². The molecule has 1 saturated heterocycles. The second-order valence-electron chi connectivity index (χ2n) is 6.11. The summed E-state index contributed by atoms with van der Waals surface area (Å²) in [6, 6.07) is 5.49. The number of anilines is 1. The average molecular weight is 276 g/mol. The smallest absolute Gasteiger partial charge is 0.272 e. The van der Waals surface area contributed by atoms with Gasteiger partial charge in [-0.25, -0.2) is 4.98 Å². The van der Waals surface area contributed by atoms with Crippen LogP contribution in [0.15, 0.2) is 18.2 Å². The fourth-order valence-corrected chi connectivity index (χ4v) is 2.44. The van der Waals surface area contributed by atoms with Crippen molar-refractivity contribution in [3.63, 3.8) is 0 Å². The van der Waals surface area contributed by atoms with Crippen LogP contribution in [0.3, 0.4) is 0 Å². The predicted octanol–water partition coefficient (Wildman–Crippen LogP) is 1.68. The molecule has 1 aromatic heterocycles. The summed E-state index contributed by atoms with van der Waals surface area (Å²) in [7, 11) is 1.80. The molecule has 0 spiro atoms. The maximum absolute atomic E-state index is 12.4. The Morgan fingerprint density at radius 2 is 1.85 bits per heavy atom. The van der Waals surface area contributed by atoms with E-state index in [0.717, 1.165) is 32.0 Å². The third-order valence-corrected chi connectivity index (χ3v) is 3.74. The Kier molecular flexibility index (Phi) is 4.28. The fourth-order valence-electron chi connectivity index (χ4n) is 2.44. The second kappa shape index (κ2) is 5.79. The van der Waals surface area contributed by atoms with Crippen LogP contribution in [0.5, 0.6) is 0 Å². The van der Waals surface area contributed by atoms with Crippen molar-refractivity contribution in [1.82, 2.24) is 14.8 Å². The molecule has 20 heavy (non-hydrogen) atoms. The van der Waals surface area contributed by atoms with Crippen molar-refractivity contribution in [1.29, 1.82) is 0 Å². The van der Waals surface area contributed by atoms with Crippen molar-refractivity contribution in [2.45, 2.75) is 26.3 Å². The Labute approximate surface area is 121 Å². The van der Waals surface area contributed by atoms with E-state index in [4.69, 9.17) is 0 Å². The van der Waals surface area contributed by atoms with Gasteiger partial charge < -0.3 is 10.2 Å². The van der Waals surface area contributed by atoms with E-state index in [0.29, 0.717) is 5.69 Å². The highest BCUT2D eigenvalue weighted by molar-refractivity contribution is 5.92. The lowest BCUT2D eigenvalue weighted by atomic mass is 10.0. The van der Waals surface area contributed by atoms with Gasteiger partial charge in [0.05, 0.1) is 0 Å². The summed E-state index contributed by atoms with van der Waals surface area (Å²) in [4.78, 5) is 21.1. The zero-order chi connectivity index (χ0) is 14.8. The van der Waals surface area contributed by atoms with Gasteiger partial charge in [-0.3, -0.25) is 9.69 Å². The highest BCUT2D eigenvalue weighted by Crippen LogP contribution is 2.17. The third kappa shape index (κ3) is 3.28. The summed E-state index contributed by atoms with van der Waals surface area (Å²) in [5.74, 6) is 0.750. The van der Waals surface area contributed by atoms with E-state index < -0.39 is 0 Å². The number of carbonyl (C=O) groups is 1. The van der Waals surface area contributed by atoms with Crippen LogP contribution in [0, 0.1) is 0 Å². The molecule has 2 heterocycles. The quantitative estimate of drug-likeness (QED) is 0.893. The zero-order valence-electron chi connectivity index (χ0n) is 12.8. The van der Waals surface area contributed by atoms with Gasteiger partial charge in [-0.15, -0.1) is 0 Å². The van der Waals surface area contributed by atoms with Gasteiger partial charge >= 0.3 is 0 Å². The van der Waals surface area contributed by atoms with Gasteiger partial charge in [0.15, 0.2) is 0 Å². The Morgan fingerprint density at radius 3 is 2.40 bits per heavy atom. The van der Waals surface area contributed by atoms with Crippen LogP contribution in [0.25, 0.3) is 0 Å². The van der Waals surface area contributed by atoms with Crippen molar-refractivity contribution in [2.24, 2.45) is 0 Å². The normalized spacial score (nSPS) is 17.1. The summed E-state index contributed by atoms with van der Waals surface area (Å²) in [5.41, 5.74) is 0.681. The number of pyridine rings is 1. The minimum Gasteiger partial charge on any atom is -0.373 e. The molecule has 1 amide bonds. The molecule has 1 aliphatic rings. The molecule has 0 aromatic carbocycles. The number of piperazine rings is 1. The molecular formula is C15H24N4O. The number of carbonyl (C=O) groups excluding carboxylic acids is 1. The van der Waals surface area contributed by atoms with Crippen molar-refractivity contribution in [3.05, 3.63) is 23.9 Å². The lowest BCUT2D eigenvalue weighted by molar-refractivity contribution is 0.0447. The molecule has 1 aliphatic heterocycles. The van der Waals surface area contributed by atoms with Crippen LogP contribution in [0.2, 0.25) is 0 Å². The van der Waals surface area contributed by atoms with Crippen LogP contribution in [-0.4, -0.2) is 59.5 Å². The van der Waals surface area contributed by atoms with Crippen molar-refractivity contribution >= 4 is 11.7 Å². The molecule has 1 N–H and O–H groups in total. The van der Waals surface area contributed by atoms with Crippen molar-refractivity contribution in [2.75, 3.05) is 38.5 Å². The Hall–Kier alpha value is -1.62. The molecule has 0 radical (unpaired) electrons. The minimum absolute atomic E-state index is 0.0238. The zero-order valence-corrected chi connectivity index (χ0v) is 12.8. The standard InChI is InChI=1S/C15H24N4O/c1-15(2,3)19-10-8-18(9-11-19)14(20)12-6-5-7-13(16-4)17-12/h5-7H,8-11H2,1-4H3,(H,16,17). The van der Waals surface area contributed by atoms with E-state index in [-0.39, 0.29) is 11.4 Å². The van der Waals surface area contributed by atoms with Crippen molar-refractivity contribution in [3.8, 4) is 0 Å². The van der Waals surface area contributed by atoms with Gasteiger partial charge in [-0.05, 0) is 32.9 Å². The monoisotopic (exact) mass is 276 g/mol. The molecule has 5 nitrogen and oxygen atoms in total. The SMILES string of the molecule is CNc1cccc(C(=O)N2CCN(C(C)(C)C)CC2)n1. The van der Waals surface area contributed by atoms with Crippen LogP contribution in [0.1, 0.15) is 31.3 Å². The topological polar surface area (TPSA) is 48.5 Å². The van der Waals surface area contributed by atoms with Gasteiger partial charge in [-0.1, -0.05) is 6.07 Å². The van der Waals surface area contributed by atoms with Gasteiger partial charge in [0.25, 0.3) is 5.91 Å². The van der Waals surface area contributed by atoms with Crippen LogP contribution in [0.4, 0.5) is 5.82 Å². The average Bonchev–Trinajstić information content (AvgIpc) is 2.46. The molecule has 0 saturated carbocycles. The van der Waals surface area contributed by atoms with E-state index >= 15 is 0 Å². The maximum atomic E-state index is 12.4. The number of hydrogen-bond acceptors (Lipinski definition) is 4.